The van der Waals surface area contributed by atoms with Gasteiger partial charge in [-0.25, -0.2) is 0 Å². The minimum atomic E-state index is 0.511. The molecule has 0 aromatic carbocycles. The molecule has 1 unspecified atom stereocenters. The molecule has 88 valence electrons. The Morgan fingerprint density at radius 3 is 2.60 bits per heavy atom. The van der Waals surface area contributed by atoms with E-state index in [-0.39, 0.29) is 0 Å². The van der Waals surface area contributed by atoms with Gasteiger partial charge in [-0.3, -0.25) is 4.79 Å². The standard InChI is InChI=1S/C14H26O/c1-2-3-4-5-6-7-9-13-10-8-11-14(15)12-13/h13H,2-12H2,1H3. The molecule has 0 radical (unpaired) electrons. The third-order valence-corrected chi connectivity index (χ3v) is 3.55. The summed E-state index contributed by atoms with van der Waals surface area (Å²) in [5, 5.41) is 0. The van der Waals surface area contributed by atoms with Crippen LogP contribution in [-0.4, -0.2) is 5.78 Å². The van der Waals surface area contributed by atoms with E-state index in [2.05, 4.69) is 6.92 Å². The fraction of sp³-hybridized carbons (Fsp3) is 0.929. The van der Waals surface area contributed by atoms with E-state index >= 15 is 0 Å². The average molecular weight is 210 g/mol. The molecule has 0 aromatic heterocycles. The minimum absolute atomic E-state index is 0.511. The zero-order valence-electron chi connectivity index (χ0n) is 10.3. The molecule has 0 N–H and O–H groups in total. The number of carbonyl (C=O) groups is 1. The Balaban J connectivity index is 1.92. The van der Waals surface area contributed by atoms with Gasteiger partial charge in [0.25, 0.3) is 0 Å². The second kappa shape index (κ2) is 7.90. The van der Waals surface area contributed by atoms with Crippen molar-refractivity contribution < 1.29 is 4.79 Å². The van der Waals surface area contributed by atoms with Gasteiger partial charge in [-0.05, 0) is 18.8 Å². The molecule has 0 spiro atoms. The number of carbonyl (C=O) groups excluding carboxylic acids is 1. The lowest BCUT2D eigenvalue weighted by molar-refractivity contribution is -0.121. The first-order valence-corrected chi connectivity index (χ1v) is 6.84. The Labute approximate surface area is 94.6 Å². The second-order valence-electron chi connectivity index (χ2n) is 5.06. The topological polar surface area (TPSA) is 17.1 Å². The highest BCUT2D eigenvalue weighted by molar-refractivity contribution is 5.79. The summed E-state index contributed by atoms with van der Waals surface area (Å²) in [5.41, 5.74) is 0. The van der Waals surface area contributed by atoms with E-state index in [4.69, 9.17) is 0 Å². The highest BCUT2D eigenvalue weighted by atomic mass is 16.1. The monoisotopic (exact) mass is 210 g/mol. The van der Waals surface area contributed by atoms with Crippen LogP contribution < -0.4 is 0 Å². The molecule has 0 aliphatic heterocycles. The lowest BCUT2D eigenvalue weighted by Gasteiger charge is -2.20. The number of rotatable bonds is 7. The van der Waals surface area contributed by atoms with Crippen molar-refractivity contribution in [2.75, 3.05) is 0 Å². The summed E-state index contributed by atoms with van der Waals surface area (Å²) in [5.74, 6) is 1.25. The van der Waals surface area contributed by atoms with E-state index in [1.54, 1.807) is 0 Å². The fourth-order valence-corrected chi connectivity index (χ4v) is 2.57. The Bertz CT molecular complexity index is 174. The van der Waals surface area contributed by atoms with Crippen molar-refractivity contribution in [2.45, 2.75) is 77.6 Å². The normalized spacial score (nSPS) is 21.9. The van der Waals surface area contributed by atoms with Crippen LogP contribution in [0.3, 0.4) is 0 Å². The summed E-state index contributed by atoms with van der Waals surface area (Å²) in [6, 6.07) is 0. The van der Waals surface area contributed by atoms with Crippen LogP contribution in [0.15, 0.2) is 0 Å². The first-order valence-electron chi connectivity index (χ1n) is 6.84. The summed E-state index contributed by atoms with van der Waals surface area (Å²) in [6.45, 7) is 2.26. The molecule has 1 aliphatic carbocycles. The van der Waals surface area contributed by atoms with Crippen molar-refractivity contribution in [3.63, 3.8) is 0 Å². The van der Waals surface area contributed by atoms with Gasteiger partial charge in [0.2, 0.25) is 0 Å². The molecule has 1 heteroatoms. The second-order valence-corrected chi connectivity index (χ2v) is 5.06. The van der Waals surface area contributed by atoms with Crippen LogP contribution in [0, 0.1) is 5.92 Å². The fourth-order valence-electron chi connectivity index (χ4n) is 2.57. The van der Waals surface area contributed by atoms with Crippen LogP contribution in [0.2, 0.25) is 0 Å². The molecule has 0 aromatic rings. The van der Waals surface area contributed by atoms with Gasteiger partial charge < -0.3 is 0 Å². The van der Waals surface area contributed by atoms with Crippen molar-refractivity contribution in [3.05, 3.63) is 0 Å². The van der Waals surface area contributed by atoms with Crippen LogP contribution in [0.1, 0.15) is 77.6 Å². The molecule has 15 heavy (non-hydrogen) atoms. The van der Waals surface area contributed by atoms with Gasteiger partial charge in [0.1, 0.15) is 5.78 Å². The molecule has 1 fully saturated rings. The number of Topliss-reactive ketones (excluding diaryl/α,β-unsaturated/α-hetero) is 1. The van der Waals surface area contributed by atoms with Crippen molar-refractivity contribution in [2.24, 2.45) is 5.92 Å². The van der Waals surface area contributed by atoms with Gasteiger partial charge in [0.15, 0.2) is 0 Å². The van der Waals surface area contributed by atoms with Crippen LogP contribution >= 0.6 is 0 Å². The van der Waals surface area contributed by atoms with Crippen LogP contribution in [-0.2, 0) is 4.79 Å². The van der Waals surface area contributed by atoms with E-state index in [0.29, 0.717) is 5.78 Å². The van der Waals surface area contributed by atoms with Gasteiger partial charge in [-0.15, -0.1) is 0 Å². The number of hydrogen-bond donors (Lipinski definition) is 0. The maximum atomic E-state index is 11.2. The highest BCUT2D eigenvalue weighted by Crippen LogP contribution is 2.26. The van der Waals surface area contributed by atoms with E-state index in [9.17, 15) is 4.79 Å². The van der Waals surface area contributed by atoms with Crippen molar-refractivity contribution in [1.29, 1.82) is 0 Å². The molecule has 0 saturated heterocycles. The molecular weight excluding hydrogens is 184 g/mol. The van der Waals surface area contributed by atoms with Crippen LogP contribution in [0.4, 0.5) is 0 Å². The molecular formula is C14H26O. The predicted octanol–water partition coefficient (Wildman–Crippen LogP) is 4.50. The number of ketones is 1. The Kier molecular flexibility index (Phi) is 6.71. The van der Waals surface area contributed by atoms with Crippen molar-refractivity contribution in [3.8, 4) is 0 Å². The summed E-state index contributed by atoms with van der Waals surface area (Å²) in [6.07, 6.45) is 13.7. The van der Waals surface area contributed by atoms with Crippen molar-refractivity contribution >= 4 is 5.78 Å². The van der Waals surface area contributed by atoms with E-state index in [1.807, 2.05) is 0 Å². The SMILES string of the molecule is CCCCCCCCC1CCCC(=O)C1. The number of unbranched alkanes of at least 4 members (excludes halogenated alkanes) is 5. The Morgan fingerprint density at radius 2 is 1.87 bits per heavy atom. The van der Waals surface area contributed by atoms with E-state index < -0.39 is 0 Å². The van der Waals surface area contributed by atoms with Gasteiger partial charge in [0.05, 0.1) is 0 Å². The number of hydrogen-bond acceptors (Lipinski definition) is 1. The maximum absolute atomic E-state index is 11.2. The van der Waals surface area contributed by atoms with Gasteiger partial charge in [-0.1, -0.05) is 51.9 Å². The molecule has 0 bridgehead atoms. The zero-order valence-corrected chi connectivity index (χ0v) is 10.3. The first kappa shape index (κ1) is 12.7. The minimum Gasteiger partial charge on any atom is -0.300 e. The lowest BCUT2D eigenvalue weighted by atomic mass is 9.85. The van der Waals surface area contributed by atoms with Gasteiger partial charge in [-0.2, -0.15) is 0 Å². The summed E-state index contributed by atoms with van der Waals surface area (Å²) < 4.78 is 0. The average Bonchev–Trinajstić information content (AvgIpc) is 2.23. The van der Waals surface area contributed by atoms with Gasteiger partial charge >= 0.3 is 0 Å². The summed E-state index contributed by atoms with van der Waals surface area (Å²) in [4.78, 5) is 11.2. The summed E-state index contributed by atoms with van der Waals surface area (Å²) in [7, 11) is 0. The smallest absolute Gasteiger partial charge is 0.133 e. The summed E-state index contributed by atoms with van der Waals surface area (Å²) >= 11 is 0. The predicted molar refractivity (Wildman–Crippen MR) is 65.0 cm³/mol. The highest BCUT2D eigenvalue weighted by Gasteiger charge is 2.18. The Hall–Kier alpha value is -0.330. The van der Waals surface area contributed by atoms with Gasteiger partial charge in [0, 0.05) is 12.8 Å². The van der Waals surface area contributed by atoms with E-state index in [1.165, 1.54) is 51.4 Å². The molecule has 1 atom stereocenters. The quantitative estimate of drug-likeness (QED) is 0.566. The van der Waals surface area contributed by atoms with Crippen LogP contribution in [0.25, 0.3) is 0 Å². The lowest BCUT2D eigenvalue weighted by Crippen LogP contribution is -2.14. The Morgan fingerprint density at radius 1 is 1.13 bits per heavy atom. The van der Waals surface area contributed by atoms with Crippen LogP contribution in [0.5, 0.6) is 0 Å². The molecule has 1 saturated carbocycles. The zero-order chi connectivity index (χ0) is 10.9. The molecule has 1 rings (SSSR count). The molecule has 0 heterocycles. The molecule has 1 nitrogen and oxygen atoms in total. The molecule has 0 amide bonds. The van der Waals surface area contributed by atoms with E-state index in [0.717, 1.165) is 25.2 Å². The third kappa shape index (κ3) is 5.96. The molecule has 1 aliphatic rings. The maximum Gasteiger partial charge on any atom is 0.133 e. The van der Waals surface area contributed by atoms with Crippen molar-refractivity contribution in [1.82, 2.24) is 0 Å². The first-order chi connectivity index (χ1) is 7.33. The largest absolute Gasteiger partial charge is 0.300 e. The third-order valence-electron chi connectivity index (χ3n) is 3.55.